The lowest BCUT2D eigenvalue weighted by Crippen LogP contribution is -2.24. The van der Waals surface area contributed by atoms with Crippen LogP contribution in [0.1, 0.15) is 22.8 Å². The standard InChI is InChI=1S/C24H19Cl3N2O5/c1-2-32-22-11-15(3-9-21(22)34-24(31)16-4-6-17(25)7-5-16)13-28-29-23(30)14-33-20-10-8-18(26)12-19(20)27/h3-13H,2,14H2,1H3,(H,29,30). The van der Waals surface area contributed by atoms with Crippen molar-refractivity contribution in [2.75, 3.05) is 13.2 Å². The van der Waals surface area contributed by atoms with Crippen LogP contribution in [0.15, 0.2) is 65.8 Å². The normalized spacial score (nSPS) is 10.7. The van der Waals surface area contributed by atoms with Gasteiger partial charge in [-0.3, -0.25) is 4.79 Å². The second-order valence-corrected chi connectivity index (χ2v) is 7.97. The van der Waals surface area contributed by atoms with Crippen molar-refractivity contribution in [2.45, 2.75) is 6.92 Å². The first-order valence-corrected chi connectivity index (χ1v) is 11.1. The van der Waals surface area contributed by atoms with Crippen molar-refractivity contribution in [3.8, 4) is 17.2 Å². The van der Waals surface area contributed by atoms with Gasteiger partial charge in [0.25, 0.3) is 5.91 Å². The maximum Gasteiger partial charge on any atom is 0.343 e. The SMILES string of the molecule is CCOc1cc(C=NNC(=O)COc2ccc(Cl)cc2Cl)ccc1OC(=O)c1ccc(Cl)cc1. The molecule has 7 nitrogen and oxygen atoms in total. The molecule has 0 atom stereocenters. The number of hydrogen-bond acceptors (Lipinski definition) is 6. The predicted molar refractivity (Wildman–Crippen MR) is 132 cm³/mol. The fraction of sp³-hybridized carbons (Fsp3) is 0.125. The molecule has 0 unspecified atom stereocenters. The van der Waals surface area contributed by atoms with Gasteiger partial charge in [0, 0.05) is 10.0 Å². The quantitative estimate of drug-likeness (QED) is 0.167. The van der Waals surface area contributed by atoms with Crippen LogP contribution in [-0.4, -0.2) is 31.3 Å². The van der Waals surface area contributed by atoms with E-state index in [9.17, 15) is 9.59 Å². The Hall–Kier alpha value is -3.26. The van der Waals surface area contributed by atoms with Gasteiger partial charge < -0.3 is 14.2 Å². The second-order valence-electron chi connectivity index (χ2n) is 6.69. The van der Waals surface area contributed by atoms with Crippen LogP contribution < -0.4 is 19.6 Å². The summed E-state index contributed by atoms with van der Waals surface area (Å²) in [6, 6.07) is 15.9. The Morgan fingerprint density at radius 3 is 2.29 bits per heavy atom. The number of nitrogens with one attached hydrogen (secondary N) is 1. The Balaban J connectivity index is 1.59. The number of ether oxygens (including phenoxy) is 3. The van der Waals surface area contributed by atoms with Crippen LogP contribution in [0.5, 0.6) is 17.2 Å². The van der Waals surface area contributed by atoms with Crippen LogP contribution in [0.25, 0.3) is 0 Å². The predicted octanol–water partition coefficient (Wildman–Crippen LogP) is 5.79. The van der Waals surface area contributed by atoms with E-state index >= 15 is 0 Å². The Bertz CT molecular complexity index is 1200. The van der Waals surface area contributed by atoms with Crippen molar-refractivity contribution in [1.29, 1.82) is 0 Å². The summed E-state index contributed by atoms with van der Waals surface area (Å²) in [7, 11) is 0. The molecule has 1 amide bonds. The maximum atomic E-state index is 12.4. The van der Waals surface area contributed by atoms with Gasteiger partial charge >= 0.3 is 5.97 Å². The lowest BCUT2D eigenvalue weighted by atomic mass is 10.2. The molecule has 0 aromatic heterocycles. The molecule has 1 N–H and O–H groups in total. The lowest BCUT2D eigenvalue weighted by molar-refractivity contribution is -0.123. The molecule has 0 saturated carbocycles. The monoisotopic (exact) mass is 520 g/mol. The number of hydrazone groups is 1. The number of rotatable bonds is 9. The van der Waals surface area contributed by atoms with Crippen molar-refractivity contribution >= 4 is 52.9 Å². The Morgan fingerprint density at radius 1 is 0.882 bits per heavy atom. The van der Waals surface area contributed by atoms with E-state index in [1.165, 1.54) is 12.3 Å². The van der Waals surface area contributed by atoms with Gasteiger partial charge in [0.1, 0.15) is 5.75 Å². The van der Waals surface area contributed by atoms with Gasteiger partial charge in [0.2, 0.25) is 0 Å². The number of hydrogen-bond donors (Lipinski definition) is 1. The van der Waals surface area contributed by atoms with Gasteiger partial charge in [0.15, 0.2) is 18.1 Å². The molecule has 0 spiro atoms. The van der Waals surface area contributed by atoms with Gasteiger partial charge in [-0.25, -0.2) is 10.2 Å². The van der Waals surface area contributed by atoms with Gasteiger partial charge in [-0.05, 0) is 73.2 Å². The highest BCUT2D eigenvalue weighted by Gasteiger charge is 2.13. The molecule has 0 fully saturated rings. The van der Waals surface area contributed by atoms with Crippen molar-refractivity contribution in [3.05, 3.63) is 86.9 Å². The molecule has 3 aromatic carbocycles. The molecular formula is C24H19Cl3N2O5. The van der Waals surface area contributed by atoms with E-state index in [1.807, 2.05) is 0 Å². The summed E-state index contributed by atoms with van der Waals surface area (Å²) in [6.45, 7) is 1.87. The van der Waals surface area contributed by atoms with Gasteiger partial charge in [-0.1, -0.05) is 34.8 Å². The molecule has 34 heavy (non-hydrogen) atoms. The highest BCUT2D eigenvalue weighted by Crippen LogP contribution is 2.29. The third kappa shape index (κ3) is 7.38. The van der Waals surface area contributed by atoms with Crippen molar-refractivity contribution in [1.82, 2.24) is 5.43 Å². The molecular weight excluding hydrogens is 503 g/mol. The number of esters is 1. The van der Waals surface area contributed by atoms with Gasteiger partial charge in [-0.2, -0.15) is 5.10 Å². The molecule has 0 radical (unpaired) electrons. The highest BCUT2D eigenvalue weighted by atomic mass is 35.5. The third-order valence-electron chi connectivity index (χ3n) is 4.21. The zero-order valence-corrected chi connectivity index (χ0v) is 20.2. The minimum absolute atomic E-state index is 0.247. The summed E-state index contributed by atoms with van der Waals surface area (Å²) < 4.78 is 16.4. The van der Waals surface area contributed by atoms with Crippen LogP contribution in [0.2, 0.25) is 15.1 Å². The van der Waals surface area contributed by atoms with E-state index in [0.29, 0.717) is 44.3 Å². The Morgan fingerprint density at radius 2 is 1.59 bits per heavy atom. The summed E-state index contributed by atoms with van der Waals surface area (Å²) in [6.07, 6.45) is 1.42. The van der Waals surface area contributed by atoms with Crippen LogP contribution >= 0.6 is 34.8 Å². The smallest absolute Gasteiger partial charge is 0.343 e. The second kappa shape index (κ2) is 12.3. The van der Waals surface area contributed by atoms with Crippen LogP contribution in [-0.2, 0) is 4.79 Å². The first kappa shape index (κ1) is 25.4. The topological polar surface area (TPSA) is 86.2 Å². The molecule has 0 heterocycles. The zero-order chi connectivity index (χ0) is 24.5. The number of benzene rings is 3. The average Bonchev–Trinajstić information content (AvgIpc) is 2.80. The summed E-state index contributed by atoms with van der Waals surface area (Å²) >= 11 is 17.7. The summed E-state index contributed by atoms with van der Waals surface area (Å²) in [5.74, 6) is -0.111. The average molecular weight is 522 g/mol. The zero-order valence-electron chi connectivity index (χ0n) is 17.9. The molecule has 0 aliphatic rings. The molecule has 3 rings (SSSR count). The van der Waals surface area contributed by atoms with E-state index in [2.05, 4.69) is 10.5 Å². The van der Waals surface area contributed by atoms with E-state index in [0.717, 1.165) is 0 Å². The number of amides is 1. The van der Waals surface area contributed by atoms with E-state index in [4.69, 9.17) is 49.0 Å². The Kier molecular flexibility index (Phi) is 9.16. The number of carbonyl (C=O) groups excluding carboxylic acids is 2. The van der Waals surface area contributed by atoms with E-state index < -0.39 is 11.9 Å². The fourth-order valence-electron chi connectivity index (χ4n) is 2.65. The van der Waals surface area contributed by atoms with Crippen molar-refractivity contribution in [2.24, 2.45) is 5.10 Å². The Labute approximate surface area is 211 Å². The number of halogens is 3. The lowest BCUT2D eigenvalue weighted by Gasteiger charge is -2.11. The largest absolute Gasteiger partial charge is 0.490 e. The van der Waals surface area contributed by atoms with Crippen LogP contribution in [0.4, 0.5) is 0 Å². The van der Waals surface area contributed by atoms with Crippen molar-refractivity contribution < 1.29 is 23.8 Å². The third-order valence-corrected chi connectivity index (χ3v) is 4.99. The molecule has 10 heteroatoms. The van der Waals surface area contributed by atoms with E-state index in [-0.39, 0.29) is 12.4 Å². The van der Waals surface area contributed by atoms with E-state index in [1.54, 1.807) is 61.5 Å². The molecule has 0 aliphatic heterocycles. The first-order valence-electron chi connectivity index (χ1n) is 10.00. The van der Waals surface area contributed by atoms with Gasteiger partial charge in [-0.15, -0.1) is 0 Å². The molecule has 3 aromatic rings. The summed E-state index contributed by atoms with van der Waals surface area (Å²) in [5, 5.41) is 5.18. The molecule has 176 valence electrons. The molecule has 0 bridgehead atoms. The minimum atomic E-state index is -0.549. The number of carbonyl (C=O) groups is 2. The summed E-state index contributed by atoms with van der Waals surface area (Å²) in [4.78, 5) is 24.4. The number of nitrogens with zero attached hydrogens (tertiary/aromatic N) is 1. The maximum absolute atomic E-state index is 12.4. The molecule has 0 saturated heterocycles. The van der Waals surface area contributed by atoms with Crippen LogP contribution in [0.3, 0.4) is 0 Å². The minimum Gasteiger partial charge on any atom is -0.490 e. The van der Waals surface area contributed by atoms with Crippen LogP contribution in [0, 0.1) is 0 Å². The molecule has 0 aliphatic carbocycles. The fourth-order valence-corrected chi connectivity index (χ4v) is 3.24. The first-order chi connectivity index (χ1) is 16.4. The summed E-state index contributed by atoms with van der Waals surface area (Å²) in [5.41, 5.74) is 3.31. The highest BCUT2D eigenvalue weighted by molar-refractivity contribution is 6.35. The van der Waals surface area contributed by atoms with Gasteiger partial charge in [0.05, 0.1) is 23.4 Å². The van der Waals surface area contributed by atoms with Crippen molar-refractivity contribution in [3.63, 3.8) is 0 Å².